The Kier molecular flexibility index (Phi) is 4.46. The number of sulfonamides is 1. The Morgan fingerprint density at radius 2 is 2.07 bits per heavy atom. The first-order chi connectivity index (χ1) is 13.9. The first kappa shape index (κ1) is 18.7. The molecule has 5 rings (SSSR count). The molecule has 0 spiro atoms. The number of amides is 1. The maximum absolute atomic E-state index is 12.8. The lowest BCUT2D eigenvalue weighted by molar-refractivity contribution is -0.148. The zero-order valence-corrected chi connectivity index (χ0v) is 17.1. The molecule has 11 heteroatoms. The number of hydrogen-bond donors (Lipinski definition) is 2. The highest BCUT2D eigenvalue weighted by molar-refractivity contribution is 7.88. The summed E-state index contributed by atoms with van der Waals surface area (Å²) in [6, 6.07) is 0.0152. The van der Waals surface area contributed by atoms with Gasteiger partial charge in [0, 0.05) is 32.1 Å². The fourth-order valence-electron chi connectivity index (χ4n) is 5.44. The molecule has 3 fully saturated rings. The molecule has 0 unspecified atom stereocenters. The van der Waals surface area contributed by atoms with Gasteiger partial charge in [-0.2, -0.15) is 0 Å². The van der Waals surface area contributed by atoms with E-state index in [4.69, 9.17) is 0 Å². The number of piperidine rings is 3. The summed E-state index contributed by atoms with van der Waals surface area (Å²) in [5, 5.41) is 0. The summed E-state index contributed by atoms with van der Waals surface area (Å²) in [5.74, 6) is 1.50. The number of rotatable bonds is 4. The van der Waals surface area contributed by atoms with Gasteiger partial charge in [-0.25, -0.2) is 28.1 Å². The van der Waals surface area contributed by atoms with Gasteiger partial charge in [0.2, 0.25) is 15.9 Å². The van der Waals surface area contributed by atoms with Crippen molar-refractivity contribution in [3.63, 3.8) is 0 Å². The number of aromatic amines is 1. The lowest BCUT2D eigenvalue weighted by atomic mass is 9.72. The molecule has 0 radical (unpaired) electrons. The van der Waals surface area contributed by atoms with Crippen molar-refractivity contribution in [2.45, 2.75) is 37.8 Å². The molecule has 0 aliphatic carbocycles. The normalized spacial score (nSPS) is 29.9. The van der Waals surface area contributed by atoms with Crippen LogP contribution in [0.2, 0.25) is 0 Å². The van der Waals surface area contributed by atoms with Gasteiger partial charge < -0.3 is 14.8 Å². The molecule has 3 aliphatic rings. The lowest BCUT2D eigenvalue weighted by Crippen LogP contribution is -2.67. The quantitative estimate of drug-likeness (QED) is 0.721. The van der Waals surface area contributed by atoms with Crippen LogP contribution in [-0.2, 0) is 14.8 Å². The third-order valence-corrected chi connectivity index (χ3v) is 7.24. The van der Waals surface area contributed by atoms with E-state index in [-0.39, 0.29) is 30.5 Å². The van der Waals surface area contributed by atoms with Crippen LogP contribution < -0.4 is 9.62 Å². The molecule has 3 aliphatic heterocycles. The molecule has 2 bridgehead atoms. The number of imidazole rings is 1. The van der Waals surface area contributed by atoms with Crippen molar-refractivity contribution in [2.75, 3.05) is 30.8 Å². The fraction of sp³-hybridized carbons (Fsp3) is 0.667. The predicted molar refractivity (Wildman–Crippen MR) is 107 cm³/mol. The first-order valence-corrected chi connectivity index (χ1v) is 11.9. The van der Waals surface area contributed by atoms with Crippen LogP contribution in [0.3, 0.4) is 0 Å². The van der Waals surface area contributed by atoms with E-state index in [1.54, 1.807) is 6.33 Å². The van der Waals surface area contributed by atoms with E-state index in [1.807, 2.05) is 4.90 Å². The Bertz CT molecular complexity index is 1040. The van der Waals surface area contributed by atoms with Gasteiger partial charge in [0.15, 0.2) is 11.5 Å². The number of carbonyl (C=O) groups is 1. The topological polar surface area (TPSA) is 124 Å². The highest BCUT2D eigenvalue weighted by Crippen LogP contribution is 2.42. The molecule has 0 saturated carbocycles. The van der Waals surface area contributed by atoms with Gasteiger partial charge in [-0.1, -0.05) is 0 Å². The van der Waals surface area contributed by atoms with E-state index in [1.165, 1.54) is 6.33 Å². The van der Waals surface area contributed by atoms with E-state index in [0.29, 0.717) is 24.5 Å². The van der Waals surface area contributed by atoms with E-state index in [9.17, 15) is 13.2 Å². The van der Waals surface area contributed by atoms with Crippen LogP contribution in [0.4, 0.5) is 5.82 Å². The average Bonchev–Trinajstić information content (AvgIpc) is 3.16. The summed E-state index contributed by atoms with van der Waals surface area (Å²) in [6.45, 7) is 1.80. The Morgan fingerprint density at radius 1 is 1.24 bits per heavy atom. The summed E-state index contributed by atoms with van der Waals surface area (Å²) in [4.78, 5) is 33.1. The summed E-state index contributed by atoms with van der Waals surface area (Å²) in [6.07, 6.45) is 7.72. The number of anilines is 1. The molecular weight excluding hydrogens is 394 g/mol. The van der Waals surface area contributed by atoms with Crippen molar-refractivity contribution in [3.05, 3.63) is 12.7 Å². The maximum Gasteiger partial charge on any atom is 0.223 e. The standard InChI is InChI=1S/C18H25N7O3S/c1-29(27,28)23-6-14-12-5-11(13-3-2-4-15(26)25(13)14)7-24(8-12)18-16-17(20-9-19-16)21-10-22-18/h9-14,23H,2-8H2,1H3,(H,19,20,21,22)/t11-,12+,13+,14+/m1/s1. The van der Waals surface area contributed by atoms with Crippen molar-refractivity contribution < 1.29 is 13.2 Å². The Morgan fingerprint density at radius 3 is 2.90 bits per heavy atom. The zero-order chi connectivity index (χ0) is 20.2. The van der Waals surface area contributed by atoms with E-state index < -0.39 is 10.0 Å². The minimum atomic E-state index is -3.33. The van der Waals surface area contributed by atoms with Crippen LogP contribution in [0, 0.1) is 11.8 Å². The van der Waals surface area contributed by atoms with Crippen LogP contribution in [0.25, 0.3) is 11.2 Å². The molecule has 1 amide bonds. The van der Waals surface area contributed by atoms with Gasteiger partial charge in [-0.15, -0.1) is 0 Å². The average molecular weight is 420 g/mol. The van der Waals surface area contributed by atoms with Crippen LogP contribution in [0.5, 0.6) is 0 Å². The molecule has 4 atom stereocenters. The van der Waals surface area contributed by atoms with E-state index >= 15 is 0 Å². The van der Waals surface area contributed by atoms with Crippen LogP contribution in [0.1, 0.15) is 25.7 Å². The van der Waals surface area contributed by atoms with Crippen LogP contribution >= 0.6 is 0 Å². The molecule has 5 heterocycles. The second kappa shape index (κ2) is 6.91. The van der Waals surface area contributed by atoms with Crippen molar-refractivity contribution in [3.8, 4) is 0 Å². The largest absolute Gasteiger partial charge is 0.354 e. The van der Waals surface area contributed by atoms with Gasteiger partial charge in [0.25, 0.3) is 0 Å². The molecular formula is C18H25N7O3S. The van der Waals surface area contributed by atoms with Crippen molar-refractivity contribution in [1.82, 2.24) is 29.6 Å². The van der Waals surface area contributed by atoms with E-state index in [2.05, 4.69) is 29.6 Å². The second-order valence-corrected chi connectivity index (χ2v) is 10.2. The van der Waals surface area contributed by atoms with Gasteiger partial charge >= 0.3 is 0 Å². The van der Waals surface area contributed by atoms with Crippen LogP contribution in [-0.4, -0.2) is 77.1 Å². The number of nitrogens with zero attached hydrogens (tertiary/aromatic N) is 5. The molecule has 29 heavy (non-hydrogen) atoms. The van der Waals surface area contributed by atoms with Crippen molar-refractivity contribution >= 4 is 32.9 Å². The summed E-state index contributed by atoms with van der Waals surface area (Å²) < 4.78 is 26.1. The fourth-order valence-corrected chi connectivity index (χ4v) is 5.91. The number of nitrogens with one attached hydrogen (secondary N) is 2. The van der Waals surface area contributed by atoms with Crippen molar-refractivity contribution in [2.24, 2.45) is 11.8 Å². The number of carbonyl (C=O) groups excluding carboxylic acids is 1. The number of hydrogen-bond acceptors (Lipinski definition) is 7. The first-order valence-electron chi connectivity index (χ1n) is 10.1. The minimum Gasteiger partial charge on any atom is -0.354 e. The minimum absolute atomic E-state index is 0.138. The number of H-pyrrole nitrogens is 1. The third kappa shape index (κ3) is 3.35. The summed E-state index contributed by atoms with van der Waals surface area (Å²) >= 11 is 0. The third-order valence-electron chi connectivity index (χ3n) is 6.55. The second-order valence-electron chi connectivity index (χ2n) is 8.41. The predicted octanol–water partition coefficient (Wildman–Crippen LogP) is 0.108. The molecule has 156 valence electrons. The van der Waals surface area contributed by atoms with Crippen molar-refractivity contribution in [1.29, 1.82) is 0 Å². The lowest BCUT2D eigenvalue weighted by Gasteiger charge is -2.56. The number of fused-ring (bicyclic) bond motifs is 5. The van der Waals surface area contributed by atoms with Gasteiger partial charge in [-0.3, -0.25) is 4.79 Å². The van der Waals surface area contributed by atoms with Gasteiger partial charge in [-0.05, 0) is 31.1 Å². The Labute approximate surface area is 169 Å². The summed E-state index contributed by atoms with van der Waals surface area (Å²) in [5.41, 5.74) is 1.45. The highest BCUT2D eigenvalue weighted by atomic mass is 32.2. The monoisotopic (exact) mass is 419 g/mol. The molecule has 3 saturated heterocycles. The summed E-state index contributed by atoms with van der Waals surface area (Å²) in [7, 11) is -3.33. The maximum atomic E-state index is 12.8. The smallest absolute Gasteiger partial charge is 0.223 e. The highest BCUT2D eigenvalue weighted by Gasteiger charge is 2.49. The zero-order valence-electron chi connectivity index (χ0n) is 16.3. The van der Waals surface area contributed by atoms with Crippen LogP contribution in [0.15, 0.2) is 12.7 Å². The molecule has 2 aromatic rings. The molecule has 2 aromatic heterocycles. The van der Waals surface area contributed by atoms with E-state index in [0.717, 1.165) is 43.4 Å². The Balaban J connectivity index is 1.48. The van der Waals surface area contributed by atoms with Gasteiger partial charge in [0.05, 0.1) is 18.6 Å². The SMILES string of the molecule is CS(=O)(=O)NC[C@H]1[C@H]2C[C@H](CN(c3ncnc4nc[nH]c34)C2)[C@@H]2CCCC(=O)N21. The Hall–Kier alpha value is -2.27. The molecule has 10 nitrogen and oxygen atoms in total. The molecule has 2 N–H and O–H groups in total. The van der Waals surface area contributed by atoms with Gasteiger partial charge in [0.1, 0.15) is 11.8 Å². The number of aromatic nitrogens is 4. The molecule has 0 aromatic carbocycles.